The maximum atomic E-state index is 8.53. The highest BCUT2D eigenvalue weighted by molar-refractivity contribution is 9.10. The summed E-state index contributed by atoms with van der Waals surface area (Å²) in [5, 5.41) is 11.6. The SMILES string of the molecule is Cl.OCCNCc1cccc(Br)c1. The van der Waals surface area contributed by atoms with Crippen molar-refractivity contribution in [3.8, 4) is 0 Å². The van der Waals surface area contributed by atoms with Crippen molar-refractivity contribution in [3.63, 3.8) is 0 Å². The van der Waals surface area contributed by atoms with Gasteiger partial charge in [0.15, 0.2) is 0 Å². The van der Waals surface area contributed by atoms with Crippen molar-refractivity contribution in [1.29, 1.82) is 0 Å². The van der Waals surface area contributed by atoms with Gasteiger partial charge in [0.1, 0.15) is 0 Å². The second-order valence-electron chi connectivity index (χ2n) is 2.53. The predicted octanol–water partition coefficient (Wildman–Crippen LogP) is 1.95. The predicted molar refractivity (Wildman–Crippen MR) is 60.2 cm³/mol. The van der Waals surface area contributed by atoms with Crippen molar-refractivity contribution in [2.24, 2.45) is 0 Å². The van der Waals surface area contributed by atoms with Crippen LogP contribution in [0.1, 0.15) is 5.56 Å². The van der Waals surface area contributed by atoms with Crippen molar-refractivity contribution in [2.75, 3.05) is 13.2 Å². The van der Waals surface area contributed by atoms with E-state index >= 15 is 0 Å². The molecule has 1 rings (SSSR count). The lowest BCUT2D eigenvalue weighted by Crippen LogP contribution is -2.17. The van der Waals surface area contributed by atoms with E-state index in [-0.39, 0.29) is 19.0 Å². The van der Waals surface area contributed by atoms with Crippen molar-refractivity contribution in [3.05, 3.63) is 34.3 Å². The number of hydrogen-bond donors (Lipinski definition) is 2. The zero-order valence-electron chi connectivity index (χ0n) is 7.16. The molecule has 1 aromatic rings. The van der Waals surface area contributed by atoms with E-state index in [1.54, 1.807) is 0 Å². The van der Waals surface area contributed by atoms with Crippen LogP contribution in [0.4, 0.5) is 0 Å². The zero-order valence-corrected chi connectivity index (χ0v) is 9.57. The second-order valence-corrected chi connectivity index (χ2v) is 3.45. The van der Waals surface area contributed by atoms with Gasteiger partial charge in [-0.25, -0.2) is 0 Å². The zero-order chi connectivity index (χ0) is 8.81. The number of halogens is 2. The second kappa shape index (κ2) is 7.33. The first-order valence-corrected chi connectivity index (χ1v) is 4.68. The van der Waals surface area contributed by atoms with Crippen LogP contribution in [0.5, 0.6) is 0 Å². The molecular formula is C9H13BrClNO. The van der Waals surface area contributed by atoms with Gasteiger partial charge in [0.2, 0.25) is 0 Å². The molecule has 0 atom stereocenters. The Hall–Kier alpha value is -0.0900. The Kier molecular flexibility index (Phi) is 7.28. The third-order valence-corrected chi connectivity index (χ3v) is 2.00. The molecule has 0 spiro atoms. The van der Waals surface area contributed by atoms with Gasteiger partial charge < -0.3 is 10.4 Å². The van der Waals surface area contributed by atoms with Gasteiger partial charge in [-0.1, -0.05) is 28.1 Å². The van der Waals surface area contributed by atoms with Crippen LogP contribution in [-0.4, -0.2) is 18.3 Å². The quantitative estimate of drug-likeness (QED) is 0.817. The number of nitrogens with one attached hydrogen (secondary N) is 1. The molecule has 0 heterocycles. The van der Waals surface area contributed by atoms with E-state index in [2.05, 4.69) is 33.4 Å². The third kappa shape index (κ3) is 5.26. The first kappa shape index (κ1) is 12.9. The van der Waals surface area contributed by atoms with Gasteiger partial charge >= 0.3 is 0 Å². The monoisotopic (exact) mass is 265 g/mol. The topological polar surface area (TPSA) is 32.3 Å². The molecule has 0 saturated carbocycles. The molecule has 0 unspecified atom stereocenters. The van der Waals surface area contributed by atoms with Gasteiger partial charge in [-0.3, -0.25) is 0 Å². The summed E-state index contributed by atoms with van der Waals surface area (Å²) in [5.74, 6) is 0. The molecule has 0 aliphatic heterocycles. The summed E-state index contributed by atoms with van der Waals surface area (Å²) < 4.78 is 1.09. The first-order chi connectivity index (χ1) is 5.83. The molecular weight excluding hydrogens is 253 g/mol. The number of benzene rings is 1. The van der Waals surface area contributed by atoms with Crippen molar-refractivity contribution >= 4 is 28.3 Å². The van der Waals surface area contributed by atoms with E-state index in [0.29, 0.717) is 6.54 Å². The van der Waals surface area contributed by atoms with Crippen LogP contribution in [-0.2, 0) is 6.54 Å². The minimum absolute atomic E-state index is 0. The summed E-state index contributed by atoms with van der Waals surface area (Å²) in [5.41, 5.74) is 1.22. The van der Waals surface area contributed by atoms with Gasteiger partial charge in [-0.05, 0) is 17.7 Å². The molecule has 0 fully saturated rings. The van der Waals surface area contributed by atoms with Crippen LogP contribution in [0.3, 0.4) is 0 Å². The summed E-state index contributed by atoms with van der Waals surface area (Å²) in [7, 11) is 0. The molecule has 0 amide bonds. The lowest BCUT2D eigenvalue weighted by molar-refractivity contribution is 0.292. The van der Waals surface area contributed by atoms with E-state index in [4.69, 9.17) is 5.11 Å². The van der Waals surface area contributed by atoms with Crippen LogP contribution in [0.25, 0.3) is 0 Å². The van der Waals surface area contributed by atoms with Crippen LogP contribution in [0.15, 0.2) is 28.7 Å². The van der Waals surface area contributed by atoms with Crippen LogP contribution >= 0.6 is 28.3 Å². The molecule has 0 aliphatic carbocycles. The van der Waals surface area contributed by atoms with E-state index in [1.165, 1.54) is 5.56 Å². The van der Waals surface area contributed by atoms with Gasteiger partial charge in [0.05, 0.1) is 6.61 Å². The molecule has 0 bridgehead atoms. The fraction of sp³-hybridized carbons (Fsp3) is 0.333. The Bertz CT molecular complexity index is 245. The normalized spacial score (nSPS) is 9.38. The van der Waals surface area contributed by atoms with Crippen LogP contribution in [0, 0.1) is 0 Å². The van der Waals surface area contributed by atoms with E-state index < -0.39 is 0 Å². The highest BCUT2D eigenvalue weighted by Gasteiger charge is 1.91. The molecule has 0 saturated heterocycles. The van der Waals surface area contributed by atoms with Gasteiger partial charge in [-0.15, -0.1) is 12.4 Å². The standard InChI is InChI=1S/C9H12BrNO.ClH/c10-9-3-1-2-8(6-9)7-11-4-5-12;/h1-3,6,11-12H,4-5,7H2;1H. The van der Waals surface area contributed by atoms with E-state index in [0.717, 1.165) is 11.0 Å². The molecule has 2 nitrogen and oxygen atoms in total. The Morgan fingerprint density at radius 2 is 2.15 bits per heavy atom. The summed E-state index contributed by atoms with van der Waals surface area (Å²) in [6, 6.07) is 8.11. The maximum absolute atomic E-state index is 8.53. The molecule has 0 aliphatic rings. The molecule has 0 aromatic heterocycles. The van der Waals surface area contributed by atoms with Crippen molar-refractivity contribution in [1.82, 2.24) is 5.32 Å². The van der Waals surface area contributed by atoms with E-state index in [1.807, 2.05) is 12.1 Å². The maximum Gasteiger partial charge on any atom is 0.0556 e. The average molecular weight is 267 g/mol. The lowest BCUT2D eigenvalue weighted by Gasteiger charge is -2.02. The van der Waals surface area contributed by atoms with Crippen molar-refractivity contribution in [2.45, 2.75) is 6.54 Å². The molecule has 2 N–H and O–H groups in total. The Balaban J connectivity index is 0.00000144. The highest BCUT2D eigenvalue weighted by atomic mass is 79.9. The van der Waals surface area contributed by atoms with Crippen molar-refractivity contribution < 1.29 is 5.11 Å². The fourth-order valence-electron chi connectivity index (χ4n) is 0.959. The molecule has 4 heteroatoms. The molecule has 0 radical (unpaired) electrons. The number of aliphatic hydroxyl groups is 1. The largest absolute Gasteiger partial charge is 0.395 e. The van der Waals surface area contributed by atoms with Gasteiger partial charge in [0, 0.05) is 17.6 Å². The van der Waals surface area contributed by atoms with Crippen LogP contribution < -0.4 is 5.32 Å². The summed E-state index contributed by atoms with van der Waals surface area (Å²) in [6.07, 6.45) is 0. The Morgan fingerprint density at radius 3 is 2.77 bits per heavy atom. The first-order valence-electron chi connectivity index (χ1n) is 3.89. The third-order valence-electron chi connectivity index (χ3n) is 1.51. The molecule has 74 valence electrons. The van der Waals surface area contributed by atoms with E-state index in [9.17, 15) is 0 Å². The summed E-state index contributed by atoms with van der Waals surface area (Å²) in [6.45, 7) is 1.64. The molecule has 1 aromatic carbocycles. The van der Waals surface area contributed by atoms with Crippen LogP contribution in [0.2, 0.25) is 0 Å². The number of rotatable bonds is 4. The van der Waals surface area contributed by atoms with Gasteiger partial charge in [0.25, 0.3) is 0 Å². The highest BCUT2D eigenvalue weighted by Crippen LogP contribution is 2.10. The minimum Gasteiger partial charge on any atom is -0.395 e. The van der Waals surface area contributed by atoms with Gasteiger partial charge in [-0.2, -0.15) is 0 Å². The average Bonchev–Trinajstić information content (AvgIpc) is 2.05. The minimum atomic E-state index is 0. The fourth-order valence-corrected chi connectivity index (χ4v) is 1.41. The summed E-state index contributed by atoms with van der Waals surface area (Å²) >= 11 is 3.39. The smallest absolute Gasteiger partial charge is 0.0556 e. The number of hydrogen-bond acceptors (Lipinski definition) is 2. The Labute approximate surface area is 92.9 Å². The number of aliphatic hydroxyl groups excluding tert-OH is 1. The lowest BCUT2D eigenvalue weighted by atomic mass is 10.2. The Morgan fingerprint density at radius 1 is 1.38 bits per heavy atom. The molecule has 13 heavy (non-hydrogen) atoms. The summed E-state index contributed by atoms with van der Waals surface area (Å²) in [4.78, 5) is 0.